The number of fused-ring (bicyclic) bond motifs is 2. The Labute approximate surface area is 550 Å². The van der Waals surface area contributed by atoms with Gasteiger partial charge in [0.2, 0.25) is 0 Å². The van der Waals surface area contributed by atoms with E-state index in [4.69, 9.17) is 47.4 Å². The summed E-state index contributed by atoms with van der Waals surface area (Å²) in [5, 5.41) is 0. The van der Waals surface area contributed by atoms with Gasteiger partial charge in [-0.1, -0.05) is 154 Å². The van der Waals surface area contributed by atoms with Crippen molar-refractivity contribution in [3.63, 3.8) is 0 Å². The number of hydrogen-bond acceptors (Lipinski definition) is 11. The van der Waals surface area contributed by atoms with Gasteiger partial charge in [-0.05, 0) is 109 Å². The SMILES string of the molecule is COCOc1ccc([C@@]2(C)COc3cc(OCOC)ccc3[C@H]2CCCCCCCCC(=O)C(C)CCCC(F)(F)C(F)(F)F)cc1.COCOc1ccc([C@@]2(C)COc3cc(OCOC)ccc3[C@H]2CCCCCCCCC(C)C(C)CCCC(F)(F)C(F)(F)F)cc1. The number of methoxy groups -OCH3 is 4. The van der Waals surface area contributed by atoms with Crippen LogP contribution in [0.25, 0.3) is 0 Å². The molecule has 530 valence electrons. The Balaban J connectivity index is 0.000000341. The number of benzene rings is 4. The molecule has 0 bridgehead atoms. The van der Waals surface area contributed by atoms with E-state index in [1.54, 1.807) is 35.4 Å². The van der Waals surface area contributed by atoms with Crippen molar-refractivity contribution in [1.82, 2.24) is 0 Å². The molecule has 2 aliphatic heterocycles. The lowest BCUT2D eigenvalue weighted by molar-refractivity contribution is -0.284. The highest BCUT2D eigenvalue weighted by Gasteiger charge is 2.57. The van der Waals surface area contributed by atoms with Gasteiger partial charge < -0.3 is 47.4 Å². The molecule has 2 aliphatic rings. The number of Topliss-reactive ketones (excluding diaryl/α,β-unsaturated/α-hetero) is 1. The number of unbranched alkanes of at least 4 members (excludes halogenated alkanes) is 10. The zero-order valence-corrected chi connectivity index (χ0v) is 56.5. The fourth-order valence-electron chi connectivity index (χ4n) is 12.7. The van der Waals surface area contributed by atoms with Crippen LogP contribution < -0.4 is 28.4 Å². The summed E-state index contributed by atoms with van der Waals surface area (Å²) in [5.41, 5.74) is 4.14. The number of ether oxygens (including phenoxy) is 10. The van der Waals surface area contributed by atoms with Gasteiger partial charge in [0.1, 0.15) is 40.3 Å². The lowest BCUT2D eigenvalue weighted by Gasteiger charge is -2.43. The van der Waals surface area contributed by atoms with Crippen LogP contribution in [-0.4, -0.2) is 98.8 Å². The molecule has 0 radical (unpaired) electrons. The molecule has 0 saturated heterocycles. The summed E-state index contributed by atoms with van der Waals surface area (Å²) >= 11 is 0. The van der Waals surface area contributed by atoms with Gasteiger partial charge in [-0.15, -0.1) is 0 Å². The lowest BCUT2D eigenvalue weighted by atomic mass is 9.66. The molecule has 0 fully saturated rings. The van der Waals surface area contributed by atoms with E-state index in [2.05, 4.69) is 57.2 Å². The third-order valence-corrected chi connectivity index (χ3v) is 18.9. The minimum Gasteiger partial charge on any atom is -0.492 e. The fourth-order valence-corrected chi connectivity index (χ4v) is 12.7. The van der Waals surface area contributed by atoms with Crippen LogP contribution in [-0.2, 0) is 34.6 Å². The van der Waals surface area contributed by atoms with E-state index >= 15 is 0 Å². The number of rotatable bonds is 42. The molecule has 0 aliphatic carbocycles. The van der Waals surface area contributed by atoms with Crippen LogP contribution in [0.4, 0.5) is 43.9 Å². The second-order valence-corrected chi connectivity index (χ2v) is 26.0. The van der Waals surface area contributed by atoms with Gasteiger partial charge in [0, 0.05) is 88.4 Å². The molecule has 21 heteroatoms. The number of hydrogen-bond donors (Lipinski definition) is 0. The van der Waals surface area contributed by atoms with Crippen molar-refractivity contribution in [2.45, 2.75) is 223 Å². The van der Waals surface area contributed by atoms with Crippen LogP contribution in [0.15, 0.2) is 84.9 Å². The number of carbonyl (C=O) groups is 1. The van der Waals surface area contributed by atoms with E-state index in [0.29, 0.717) is 49.9 Å². The maximum absolute atomic E-state index is 13.2. The monoisotopic (exact) mass is 1340 g/mol. The van der Waals surface area contributed by atoms with Gasteiger partial charge in [0.25, 0.3) is 0 Å². The zero-order valence-electron chi connectivity index (χ0n) is 56.5. The van der Waals surface area contributed by atoms with E-state index < -0.39 is 43.0 Å². The maximum Gasteiger partial charge on any atom is 0.453 e. The van der Waals surface area contributed by atoms with Crippen molar-refractivity contribution in [3.05, 3.63) is 107 Å². The summed E-state index contributed by atoms with van der Waals surface area (Å²) in [4.78, 5) is 12.4. The molecule has 2 heterocycles. The highest BCUT2D eigenvalue weighted by molar-refractivity contribution is 5.80. The van der Waals surface area contributed by atoms with Crippen molar-refractivity contribution in [3.8, 4) is 34.5 Å². The molecule has 94 heavy (non-hydrogen) atoms. The van der Waals surface area contributed by atoms with Crippen LogP contribution in [0.1, 0.15) is 210 Å². The van der Waals surface area contributed by atoms with Crippen LogP contribution in [0.2, 0.25) is 0 Å². The molecule has 0 spiro atoms. The Morgan fingerprint density at radius 3 is 1.16 bits per heavy atom. The van der Waals surface area contributed by atoms with E-state index in [-0.39, 0.29) is 80.8 Å². The Morgan fingerprint density at radius 1 is 0.447 bits per heavy atom. The van der Waals surface area contributed by atoms with Crippen LogP contribution >= 0.6 is 0 Å². The van der Waals surface area contributed by atoms with Crippen LogP contribution in [0.3, 0.4) is 0 Å². The molecular weight excluding hydrogens is 1240 g/mol. The molecule has 3 unspecified atom stereocenters. The first-order valence-corrected chi connectivity index (χ1v) is 33.3. The molecule has 11 nitrogen and oxygen atoms in total. The summed E-state index contributed by atoms with van der Waals surface area (Å²) in [7, 11) is 6.34. The van der Waals surface area contributed by atoms with Gasteiger partial charge in [0.15, 0.2) is 27.2 Å². The lowest BCUT2D eigenvalue weighted by Crippen LogP contribution is -2.40. The van der Waals surface area contributed by atoms with E-state index in [1.165, 1.54) is 11.1 Å². The second kappa shape index (κ2) is 38.4. The minimum absolute atomic E-state index is 0.0337. The predicted octanol–water partition coefficient (Wildman–Crippen LogP) is 20.6. The molecular formula is C73H102F10O11. The molecule has 7 atom stereocenters. The first-order chi connectivity index (χ1) is 44.6. The third kappa shape index (κ3) is 23.9. The Hall–Kier alpha value is -5.51. The highest BCUT2D eigenvalue weighted by atomic mass is 19.4. The van der Waals surface area contributed by atoms with Crippen LogP contribution in [0.5, 0.6) is 34.5 Å². The average Bonchev–Trinajstić information content (AvgIpc) is 0.761. The number of alkyl halides is 10. The van der Waals surface area contributed by atoms with Gasteiger partial charge in [0.05, 0.1) is 13.2 Å². The summed E-state index contributed by atoms with van der Waals surface area (Å²) < 4.78 is 182. The van der Waals surface area contributed by atoms with Crippen molar-refractivity contribution >= 4 is 5.78 Å². The number of halogens is 10. The molecule has 4 aromatic carbocycles. The minimum atomic E-state index is -5.55. The topological polar surface area (TPSA) is 109 Å². The summed E-state index contributed by atoms with van der Waals surface area (Å²) in [6.07, 6.45) is 1.87. The predicted molar refractivity (Wildman–Crippen MR) is 343 cm³/mol. The van der Waals surface area contributed by atoms with E-state index in [0.717, 1.165) is 124 Å². The normalized spacial score (nSPS) is 19.1. The second-order valence-electron chi connectivity index (χ2n) is 26.0. The third-order valence-electron chi connectivity index (χ3n) is 18.9. The number of carbonyl (C=O) groups excluding carboxylic acids is 1. The molecule has 0 N–H and O–H groups in total. The maximum atomic E-state index is 13.2. The van der Waals surface area contributed by atoms with Gasteiger partial charge >= 0.3 is 24.2 Å². The highest BCUT2D eigenvalue weighted by Crippen LogP contribution is 2.52. The molecule has 0 saturated carbocycles. The van der Waals surface area contributed by atoms with Crippen molar-refractivity contribution in [2.24, 2.45) is 17.8 Å². The Kier molecular flexibility index (Phi) is 32.4. The Bertz CT molecular complexity index is 2800. The first-order valence-electron chi connectivity index (χ1n) is 33.3. The molecule has 0 amide bonds. The van der Waals surface area contributed by atoms with Gasteiger partial charge in [-0.2, -0.15) is 43.9 Å². The smallest absolute Gasteiger partial charge is 0.453 e. The van der Waals surface area contributed by atoms with E-state index in [1.807, 2.05) is 55.5 Å². The van der Waals surface area contributed by atoms with E-state index in [9.17, 15) is 48.7 Å². The quantitative estimate of drug-likeness (QED) is 0.0240. The zero-order chi connectivity index (χ0) is 69.0. The van der Waals surface area contributed by atoms with Gasteiger partial charge in [-0.25, -0.2) is 0 Å². The molecule has 6 rings (SSSR count). The van der Waals surface area contributed by atoms with Crippen molar-refractivity contribution in [1.29, 1.82) is 0 Å². The average molecular weight is 1350 g/mol. The van der Waals surface area contributed by atoms with Crippen LogP contribution in [0, 0.1) is 17.8 Å². The fraction of sp³-hybridized carbons (Fsp3) is 0.658. The summed E-state index contributed by atoms with van der Waals surface area (Å²) in [6.45, 7) is 11.9. The first kappa shape index (κ1) is 79.2. The van der Waals surface area contributed by atoms with Crippen molar-refractivity contribution < 1.29 is 96.1 Å². The Morgan fingerprint density at radius 2 is 0.777 bits per heavy atom. The largest absolute Gasteiger partial charge is 0.492 e. The van der Waals surface area contributed by atoms with Crippen molar-refractivity contribution in [2.75, 3.05) is 68.8 Å². The molecule has 4 aromatic rings. The van der Waals surface area contributed by atoms with Gasteiger partial charge in [-0.3, -0.25) is 4.79 Å². The number of ketones is 1. The summed E-state index contributed by atoms with van der Waals surface area (Å²) in [6, 6.07) is 28.2. The summed E-state index contributed by atoms with van der Waals surface area (Å²) in [5.74, 6) is -4.52. The molecule has 0 aromatic heterocycles. The standard InChI is InChI=1S/C37H53F5O5.C36H49F5O6/c1-27(28(2)14-12-22-36(38,39)37(40,41)42)13-10-8-6-7-9-11-15-33-32-21-20-31(47-26-44-5)23-34(32)45-24-35(33,3)29-16-18-30(19-17-29)46-25-43-4;1-26(12-11-21-35(37,38)36(39,40)41)32(42)14-10-8-6-5-7-9-13-31-30-20-19-29(47-25-44-4)22-33(30)45-23-34(31,2)27-15-17-28(18-16-27)46-24-43-3/h16-21,23,27-28,33H,6-15,22,24-26H2,1-5H3;15-20,22,26,31H,5-14,21,23-25H2,1-4H3/t27?,28?,33-,35-;26?,31-,34-/m11/s1.